The average molecular weight is 381 g/mol. The topological polar surface area (TPSA) is 127 Å². The number of nitrogens with two attached hydrogens (primary N) is 1. The van der Waals surface area contributed by atoms with Gasteiger partial charge in [-0.2, -0.15) is 5.26 Å². The number of pyridine rings is 1. The van der Waals surface area contributed by atoms with Crippen LogP contribution in [0.1, 0.15) is 21.7 Å². The smallest absolute Gasteiger partial charge is 0.271 e. The van der Waals surface area contributed by atoms with Crippen LogP contribution in [0.3, 0.4) is 0 Å². The van der Waals surface area contributed by atoms with Crippen molar-refractivity contribution in [2.45, 2.75) is 6.92 Å². The molecule has 0 radical (unpaired) electrons. The van der Waals surface area contributed by atoms with Crippen LogP contribution in [0.2, 0.25) is 5.02 Å². The summed E-state index contributed by atoms with van der Waals surface area (Å²) in [7, 11) is 0. The molecular formula is C18H13ClN6O2. The lowest BCUT2D eigenvalue weighted by Gasteiger charge is -2.11. The maximum absolute atomic E-state index is 11.6. The van der Waals surface area contributed by atoms with Gasteiger partial charge >= 0.3 is 0 Å². The summed E-state index contributed by atoms with van der Waals surface area (Å²) in [4.78, 5) is 16.0. The van der Waals surface area contributed by atoms with Crippen molar-refractivity contribution in [1.29, 1.82) is 5.26 Å². The molecule has 2 aromatic heterocycles. The van der Waals surface area contributed by atoms with Crippen LogP contribution in [0.15, 0.2) is 42.5 Å². The van der Waals surface area contributed by atoms with Crippen LogP contribution in [0.4, 0.5) is 11.5 Å². The van der Waals surface area contributed by atoms with Crippen LogP contribution in [0, 0.1) is 18.3 Å². The van der Waals surface area contributed by atoms with Gasteiger partial charge in [-0.05, 0) is 37.3 Å². The zero-order chi connectivity index (χ0) is 19.4. The fraction of sp³-hybridized carbons (Fsp3) is 0.0556. The number of carbonyl (C=O) groups excluding carboxylic acids is 1. The summed E-state index contributed by atoms with van der Waals surface area (Å²) in [5, 5.41) is 20.2. The number of amides is 1. The van der Waals surface area contributed by atoms with Gasteiger partial charge in [0.2, 0.25) is 5.88 Å². The number of primary amides is 1. The van der Waals surface area contributed by atoms with Gasteiger partial charge in [-0.3, -0.25) is 4.79 Å². The summed E-state index contributed by atoms with van der Waals surface area (Å²) >= 11 is 5.88. The molecule has 0 aliphatic heterocycles. The molecule has 9 heteroatoms. The van der Waals surface area contributed by atoms with Crippen molar-refractivity contribution >= 4 is 29.0 Å². The summed E-state index contributed by atoms with van der Waals surface area (Å²) in [6.07, 6.45) is 0. The maximum Gasteiger partial charge on any atom is 0.271 e. The molecule has 2 heterocycles. The lowest BCUT2D eigenvalue weighted by atomic mass is 10.2. The first-order valence-electron chi connectivity index (χ1n) is 7.72. The van der Waals surface area contributed by atoms with Gasteiger partial charge in [0.25, 0.3) is 5.91 Å². The zero-order valence-electron chi connectivity index (χ0n) is 14.1. The van der Waals surface area contributed by atoms with Gasteiger partial charge in [0.15, 0.2) is 5.69 Å². The Balaban J connectivity index is 1.96. The van der Waals surface area contributed by atoms with Crippen molar-refractivity contribution < 1.29 is 9.53 Å². The number of rotatable bonds is 5. The van der Waals surface area contributed by atoms with Crippen molar-refractivity contribution in [3.05, 3.63) is 64.4 Å². The van der Waals surface area contributed by atoms with E-state index in [4.69, 9.17) is 22.1 Å². The number of nitrogens with zero attached hydrogens (tertiary/aromatic N) is 4. The minimum Gasteiger partial charge on any atom is -0.436 e. The second kappa shape index (κ2) is 7.68. The van der Waals surface area contributed by atoms with Crippen LogP contribution in [0.5, 0.6) is 11.6 Å². The van der Waals surface area contributed by atoms with Crippen molar-refractivity contribution in [1.82, 2.24) is 15.2 Å². The number of nitriles is 1. The van der Waals surface area contributed by atoms with E-state index in [0.29, 0.717) is 10.8 Å². The van der Waals surface area contributed by atoms with E-state index >= 15 is 0 Å². The first-order chi connectivity index (χ1) is 13.0. The molecule has 27 heavy (non-hydrogen) atoms. The predicted octanol–water partition coefficient (Wildman–Crippen LogP) is 3.34. The lowest BCUT2D eigenvalue weighted by Crippen LogP contribution is -2.16. The second-order valence-corrected chi connectivity index (χ2v) is 5.89. The minimum absolute atomic E-state index is 0.0639. The minimum atomic E-state index is -0.756. The highest BCUT2D eigenvalue weighted by molar-refractivity contribution is 6.30. The van der Waals surface area contributed by atoms with Crippen LogP contribution >= 0.6 is 11.6 Å². The van der Waals surface area contributed by atoms with Crippen molar-refractivity contribution in [3.63, 3.8) is 0 Å². The molecule has 0 unspecified atom stereocenters. The SMILES string of the molecule is Cc1cccc(Nc2cc(Oc3ccc(Cl)cc3C#N)nnc2C(N)=O)n1. The first kappa shape index (κ1) is 18.1. The van der Waals surface area contributed by atoms with Crippen LogP contribution in [-0.2, 0) is 0 Å². The Morgan fingerprint density at radius 2 is 2.07 bits per heavy atom. The molecule has 0 aliphatic carbocycles. The third-order valence-corrected chi connectivity index (χ3v) is 3.67. The molecular weight excluding hydrogens is 368 g/mol. The van der Waals surface area contributed by atoms with Crippen LogP contribution < -0.4 is 15.8 Å². The van der Waals surface area contributed by atoms with E-state index in [1.165, 1.54) is 12.1 Å². The molecule has 0 spiro atoms. The Hall–Kier alpha value is -3.70. The summed E-state index contributed by atoms with van der Waals surface area (Å²) in [5.74, 6) is 0.0608. The number of ether oxygens (including phenoxy) is 1. The van der Waals surface area contributed by atoms with Gasteiger partial charge in [-0.25, -0.2) is 4.98 Å². The van der Waals surface area contributed by atoms with Crippen LogP contribution in [-0.4, -0.2) is 21.1 Å². The van der Waals surface area contributed by atoms with Gasteiger partial charge in [-0.1, -0.05) is 17.7 Å². The Labute approximate surface area is 159 Å². The van der Waals surface area contributed by atoms with E-state index in [1.807, 2.05) is 25.1 Å². The second-order valence-electron chi connectivity index (χ2n) is 5.45. The Morgan fingerprint density at radius 3 is 2.78 bits per heavy atom. The molecule has 134 valence electrons. The summed E-state index contributed by atoms with van der Waals surface area (Å²) < 4.78 is 5.62. The molecule has 0 atom stereocenters. The van der Waals surface area contributed by atoms with E-state index in [0.717, 1.165) is 5.69 Å². The number of aromatic nitrogens is 3. The van der Waals surface area contributed by atoms with E-state index < -0.39 is 5.91 Å². The molecule has 0 saturated carbocycles. The number of anilines is 2. The average Bonchev–Trinajstić information content (AvgIpc) is 2.63. The normalized spacial score (nSPS) is 10.1. The van der Waals surface area contributed by atoms with E-state index in [1.54, 1.807) is 18.2 Å². The highest BCUT2D eigenvalue weighted by Crippen LogP contribution is 2.28. The fourth-order valence-electron chi connectivity index (χ4n) is 2.24. The lowest BCUT2D eigenvalue weighted by molar-refractivity contribution is 0.0995. The molecule has 1 amide bonds. The first-order valence-corrected chi connectivity index (χ1v) is 8.10. The number of hydrogen-bond donors (Lipinski definition) is 2. The number of aryl methyl sites for hydroxylation is 1. The molecule has 0 aliphatic rings. The van der Waals surface area contributed by atoms with E-state index in [-0.39, 0.29) is 28.6 Å². The summed E-state index contributed by atoms with van der Waals surface area (Å²) in [6, 6.07) is 13.4. The number of benzene rings is 1. The number of carbonyl (C=O) groups is 1. The quantitative estimate of drug-likeness (QED) is 0.694. The number of hydrogen-bond acceptors (Lipinski definition) is 7. The van der Waals surface area contributed by atoms with Crippen molar-refractivity contribution in [2.24, 2.45) is 5.73 Å². The molecule has 3 rings (SSSR count). The van der Waals surface area contributed by atoms with E-state index in [9.17, 15) is 10.1 Å². The Kier molecular flexibility index (Phi) is 5.15. The third-order valence-electron chi connectivity index (χ3n) is 3.43. The maximum atomic E-state index is 11.6. The van der Waals surface area contributed by atoms with Crippen molar-refractivity contribution in [2.75, 3.05) is 5.32 Å². The molecule has 8 nitrogen and oxygen atoms in total. The number of nitrogens with one attached hydrogen (secondary N) is 1. The summed E-state index contributed by atoms with van der Waals surface area (Å²) in [5.41, 5.74) is 6.60. The van der Waals surface area contributed by atoms with Crippen molar-refractivity contribution in [3.8, 4) is 17.7 Å². The van der Waals surface area contributed by atoms with Gasteiger partial charge in [0.1, 0.15) is 17.6 Å². The molecule has 1 aromatic carbocycles. The fourth-order valence-corrected chi connectivity index (χ4v) is 2.41. The van der Waals surface area contributed by atoms with Gasteiger partial charge in [-0.15, -0.1) is 10.2 Å². The third kappa shape index (κ3) is 4.29. The molecule has 3 aromatic rings. The monoisotopic (exact) mass is 380 g/mol. The molecule has 0 fully saturated rings. The molecule has 3 N–H and O–H groups in total. The largest absolute Gasteiger partial charge is 0.436 e. The van der Waals surface area contributed by atoms with Gasteiger partial charge in [0, 0.05) is 16.8 Å². The van der Waals surface area contributed by atoms with Gasteiger partial charge < -0.3 is 15.8 Å². The number of halogens is 1. The zero-order valence-corrected chi connectivity index (χ0v) is 14.9. The molecule has 0 bridgehead atoms. The molecule has 0 saturated heterocycles. The van der Waals surface area contributed by atoms with Gasteiger partial charge in [0.05, 0.1) is 11.3 Å². The predicted molar refractivity (Wildman–Crippen MR) is 99.0 cm³/mol. The van der Waals surface area contributed by atoms with Crippen LogP contribution in [0.25, 0.3) is 0 Å². The standard InChI is InChI=1S/C18H13ClN6O2/c1-10-3-2-4-15(22-10)23-13-8-16(24-25-17(13)18(21)26)27-14-6-5-12(19)7-11(14)9-20/h2-8H,1H3,(H2,21,26)(H,22,23,24). The Morgan fingerprint density at radius 1 is 1.26 bits per heavy atom. The Bertz CT molecular complexity index is 1060. The highest BCUT2D eigenvalue weighted by Gasteiger charge is 2.15. The highest BCUT2D eigenvalue weighted by atomic mass is 35.5. The van der Waals surface area contributed by atoms with E-state index in [2.05, 4.69) is 20.5 Å². The summed E-state index contributed by atoms with van der Waals surface area (Å²) in [6.45, 7) is 1.84.